The maximum atomic E-state index is 13.0. The molecular formula is C26H26O6S. The molecular weight excluding hydrogens is 440 g/mol. The van der Waals surface area contributed by atoms with Crippen LogP contribution in [0, 0.1) is 0 Å². The van der Waals surface area contributed by atoms with E-state index < -0.39 is 9.84 Å². The number of benzene rings is 3. The number of aryl methyl sites for hydroxylation is 1. The van der Waals surface area contributed by atoms with E-state index in [-0.39, 0.29) is 52.8 Å². The predicted molar refractivity (Wildman–Crippen MR) is 126 cm³/mol. The monoisotopic (exact) mass is 466 g/mol. The van der Waals surface area contributed by atoms with Crippen molar-refractivity contribution in [3.8, 4) is 11.5 Å². The summed E-state index contributed by atoms with van der Waals surface area (Å²) in [5.74, 6) is -0.0383. The summed E-state index contributed by atoms with van der Waals surface area (Å²) < 4.78 is 31.0. The molecule has 33 heavy (non-hydrogen) atoms. The molecule has 7 heteroatoms. The zero-order valence-corrected chi connectivity index (χ0v) is 19.2. The molecule has 0 saturated heterocycles. The highest BCUT2D eigenvalue weighted by atomic mass is 32.2. The zero-order chi connectivity index (χ0) is 23.8. The third-order valence-electron chi connectivity index (χ3n) is 5.31. The number of ketones is 2. The summed E-state index contributed by atoms with van der Waals surface area (Å²) in [6, 6.07) is 19.7. The molecule has 0 aliphatic carbocycles. The van der Waals surface area contributed by atoms with Crippen molar-refractivity contribution in [1.82, 2.24) is 0 Å². The van der Waals surface area contributed by atoms with Crippen molar-refractivity contribution in [1.29, 1.82) is 0 Å². The van der Waals surface area contributed by atoms with Crippen molar-refractivity contribution in [2.75, 3.05) is 12.9 Å². The van der Waals surface area contributed by atoms with E-state index in [0.29, 0.717) is 12.0 Å². The van der Waals surface area contributed by atoms with E-state index in [2.05, 4.69) is 0 Å². The number of aromatic hydroxyl groups is 1. The van der Waals surface area contributed by atoms with Crippen LogP contribution in [0.25, 0.3) is 0 Å². The summed E-state index contributed by atoms with van der Waals surface area (Å²) in [6.07, 6.45) is 0.566. The lowest BCUT2D eigenvalue weighted by Gasteiger charge is -2.10. The Balaban J connectivity index is 1.64. The minimum atomic E-state index is -3.82. The second-order valence-electron chi connectivity index (χ2n) is 7.72. The van der Waals surface area contributed by atoms with Crippen LogP contribution in [0.3, 0.4) is 0 Å². The molecule has 0 fully saturated rings. The molecule has 0 amide bonds. The maximum absolute atomic E-state index is 13.0. The number of phenols is 1. The summed E-state index contributed by atoms with van der Waals surface area (Å²) in [7, 11) is -2.24. The Morgan fingerprint density at radius 2 is 1.48 bits per heavy atom. The van der Waals surface area contributed by atoms with Gasteiger partial charge in [0, 0.05) is 24.8 Å². The van der Waals surface area contributed by atoms with Crippen LogP contribution < -0.4 is 4.74 Å². The van der Waals surface area contributed by atoms with Gasteiger partial charge in [-0.05, 0) is 47.9 Å². The van der Waals surface area contributed by atoms with Crippen molar-refractivity contribution >= 4 is 21.4 Å². The van der Waals surface area contributed by atoms with Crippen molar-refractivity contribution < 1.29 is 27.9 Å². The van der Waals surface area contributed by atoms with Crippen LogP contribution >= 0.6 is 0 Å². The van der Waals surface area contributed by atoms with Crippen LogP contribution in [-0.4, -0.2) is 38.0 Å². The van der Waals surface area contributed by atoms with E-state index in [9.17, 15) is 23.1 Å². The Morgan fingerprint density at radius 3 is 2.15 bits per heavy atom. The smallest absolute Gasteiger partial charge is 0.179 e. The van der Waals surface area contributed by atoms with Crippen molar-refractivity contribution in [2.24, 2.45) is 0 Å². The lowest BCUT2D eigenvalue weighted by Crippen LogP contribution is -2.16. The van der Waals surface area contributed by atoms with Gasteiger partial charge in [0.15, 0.2) is 15.6 Å². The fourth-order valence-corrected chi connectivity index (χ4v) is 4.96. The maximum Gasteiger partial charge on any atom is 0.179 e. The van der Waals surface area contributed by atoms with Crippen molar-refractivity contribution in [3.05, 3.63) is 89.5 Å². The van der Waals surface area contributed by atoms with Gasteiger partial charge in [0.2, 0.25) is 0 Å². The summed E-state index contributed by atoms with van der Waals surface area (Å²) in [6.45, 7) is 0. The van der Waals surface area contributed by atoms with Gasteiger partial charge in [0.25, 0.3) is 0 Å². The fourth-order valence-electron chi connectivity index (χ4n) is 3.44. The van der Waals surface area contributed by atoms with Gasteiger partial charge in [-0.25, -0.2) is 8.42 Å². The van der Waals surface area contributed by atoms with Crippen LogP contribution in [0.15, 0.2) is 77.7 Å². The van der Waals surface area contributed by atoms with Gasteiger partial charge in [0.05, 0.1) is 17.8 Å². The third-order valence-corrected chi connectivity index (χ3v) is 7.08. The molecule has 3 aromatic rings. The number of rotatable bonds is 11. The highest BCUT2D eigenvalue weighted by Crippen LogP contribution is 2.21. The average molecular weight is 467 g/mol. The first-order chi connectivity index (χ1) is 15.8. The second-order valence-corrected chi connectivity index (χ2v) is 9.80. The number of hydrogen-bond donors (Lipinski definition) is 1. The molecule has 0 saturated carbocycles. The number of hydrogen-bond acceptors (Lipinski definition) is 6. The number of ether oxygens (including phenoxy) is 1. The normalized spacial score (nSPS) is 11.2. The third kappa shape index (κ3) is 6.76. The minimum Gasteiger partial charge on any atom is -0.508 e. The van der Waals surface area contributed by atoms with Gasteiger partial charge in [0.1, 0.15) is 17.3 Å². The topological polar surface area (TPSA) is 97.7 Å². The molecule has 3 rings (SSSR count). The van der Waals surface area contributed by atoms with Crippen LogP contribution in [-0.2, 0) is 27.5 Å². The molecule has 0 aliphatic heterocycles. The van der Waals surface area contributed by atoms with Gasteiger partial charge in [-0.3, -0.25) is 9.59 Å². The Hall–Kier alpha value is -3.45. The number of methoxy groups -OCH3 is 1. The van der Waals surface area contributed by atoms with Crippen LogP contribution in [0.1, 0.15) is 34.3 Å². The number of phenolic OH excluding ortho intramolecular Hbond substituents is 1. The number of carbonyl (C=O) groups excluding carboxylic acids is 2. The molecule has 0 spiro atoms. The number of Topliss-reactive ketones (excluding diaryl/α,β-unsaturated/α-hetero) is 2. The summed E-state index contributed by atoms with van der Waals surface area (Å²) in [4.78, 5) is 25.1. The first kappa shape index (κ1) is 24.2. The lowest BCUT2D eigenvalue weighted by atomic mass is 10.0. The Morgan fingerprint density at radius 1 is 0.848 bits per heavy atom. The quantitative estimate of drug-likeness (QED) is 0.426. The first-order valence-corrected chi connectivity index (χ1v) is 12.2. The first-order valence-electron chi connectivity index (χ1n) is 10.6. The predicted octanol–water partition coefficient (Wildman–Crippen LogP) is 4.19. The van der Waals surface area contributed by atoms with E-state index >= 15 is 0 Å². The van der Waals surface area contributed by atoms with E-state index in [4.69, 9.17) is 4.74 Å². The molecule has 0 atom stereocenters. The highest BCUT2D eigenvalue weighted by Gasteiger charge is 2.23. The van der Waals surface area contributed by atoms with E-state index in [0.717, 1.165) is 11.3 Å². The van der Waals surface area contributed by atoms with Crippen LogP contribution in [0.4, 0.5) is 0 Å². The van der Waals surface area contributed by atoms with Gasteiger partial charge < -0.3 is 9.84 Å². The molecule has 0 heterocycles. The molecule has 0 unspecified atom stereocenters. The van der Waals surface area contributed by atoms with E-state index in [1.54, 1.807) is 31.4 Å². The summed E-state index contributed by atoms with van der Waals surface area (Å²) in [5, 5.41) is 9.33. The molecule has 0 aromatic heterocycles. The molecule has 0 aliphatic rings. The molecule has 0 bridgehead atoms. The average Bonchev–Trinajstić information content (AvgIpc) is 2.83. The molecule has 172 valence electrons. The highest BCUT2D eigenvalue weighted by molar-refractivity contribution is 7.91. The largest absolute Gasteiger partial charge is 0.508 e. The van der Waals surface area contributed by atoms with E-state index in [1.165, 1.54) is 24.3 Å². The van der Waals surface area contributed by atoms with Crippen molar-refractivity contribution in [3.63, 3.8) is 0 Å². The summed E-state index contributed by atoms with van der Waals surface area (Å²) >= 11 is 0. The fraction of sp³-hybridized carbons (Fsp3) is 0.231. The Labute approximate surface area is 193 Å². The minimum absolute atomic E-state index is 0.0397. The second kappa shape index (κ2) is 10.9. The number of sulfone groups is 1. The molecule has 0 radical (unpaired) electrons. The molecule has 3 aromatic carbocycles. The zero-order valence-electron chi connectivity index (χ0n) is 18.4. The molecule has 6 nitrogen and oxygen atoms in total. The summed E-state index contributed by atoms with van der Waals surface area (Å²) in [5.41, 5.74) is 1.80. The number of carbonyl (C=O) groups is 2. The van der Waals surface area contributed by atoms with E-state index in [1.807, 2.05) is 24.3 Å². The van der Waals surface area contributed by atoms with Gasteiger partial charge >= 0.3 is 0 Å². The Kier molecular flexibility index (Phi) is 8.01. The lowest BCUT2D eigenvalue weighted by molar-refractivity contribution is -0.118. The van der Waals surface area contributed by atoms with Crippen LogP contribution in [0.5, 0.6) is 11.5 Å². The standard InChI is InChI=1S/C26H26O6S/c1-32-23-13-8-19(9-14-23)10-15-25(29)24-4-2-3-5-26(24)33(30,31)17-16-22(28)18-20-6-11-21(27)12-7-20/h2-9,11-14,27H,10,15-18H2,1H3. The van der Waals surface area contributed by atoms with Gasteiger partial charge in [-0.2, -0.15) is 0 Å². The van der Waals surface area contributed by atoms with Crippen LogP contribution in [0.2, 0.25) is 0 Å². The molecule has 1 N–H and O–H groups in total. The van der Waals surface area contributed by atoms with Gasteiger partial charge in [-0.15, -0.1) is 0 Å². The SMILES string of the molecule is COc1ccc(CCC(=O)c2ccccc2S(=O)(=O)CCC(=O)Cc2ccc(O)cc2)cc1. The Bertz CT molecular complexity index is 1210. The van der Waals surface area contributed by atoms with Crippen molar-refractivity contribution in [2.45, 2.75) is 30.6 Å². The van der Waals surface area contributed by atoms with Gasteiger partial charge in [-0.1, -0.05) is 42.5 Å².